The van der Waals surface area contributed by atoms with Gasteiger partial charge >= 0.3 is 0 Å². The summed E-state index contributed by atoms with van der Waals surface area (Å²) in [6.07, 6.45) is 2.20. The van der Waals surface area contributed by atoms with Crippen LogP contribution in [0.15, 0.2) is 53.5 Å². The smallest absolute Gasteiger partial charge is 0.249 e. The van der Waals surface area contributed by atoms with Crippen molar-refractivity contribution < 1.29 is 13.9 Å². The average Bonchev–Trinajstić information content (AvgIpc) is 2.67. The molecule has 3 rings (SSSR count). The fraction of sp³-hybridized carbons (Fsp3) is 0.182. The molecule has 5 nitrogen and oxygen atoms in total. The topological polar surface area (TPSA) is 71.2 Å². The van der Waals surface area contributed by atoms with Crippen LogP contribution in [0.5, 0.6) is 11.5 Å². The van der Waals surface area contributed by atoms with Gasteiger partial charge in [-0.3, -0.25) is 9.59 Å². The monoisotopic (exact) mass is 382 g/mol. The van der Waals surface area contributed by atoms with Crippen molar-refractivity contribution in [2.24, 2.45) is 0 Å². The summed E-state index contributed by atoms with van der Waals surface area (Å²) in [6, 6.07) is 11.1. The number of rotatable bonds is 4. The van der Waals surface area contributed by atoms with Crippen molar-refractivity contribution in [3.63, 3.8) is 0 Å². The number of aromatic nitrogens is 1. The Morgan fingerprint density at radius 2 is 1.68 bits per heavy atom. The van der Waals surface area contributed by atoms with E-state index >= 15 is 0 Å². The van der Waals surface area contributed by atoms with Crippen molar-refractivity contribution in [2.45, 2.75) is 20.8 Å². The Hall–Kier alpha value is -3.41. The molecule has 146 valence electrons. The van der Waals surface area contributed by atoms with Gasteiger partial charge in [0, 0.05) is 25.0 Å². The minimum Gasteiger partial charge on any atom is -0.456 e. The molecule has 28 heavy (non-hydrogen) atoms. The molecule has 0 bridgehead atoms. The highest BCUT2D eigenvalue weighted by molar-refractivity contribution is 5.79. The van der Waals surface area contributed by atoms with Crippen LogP contribution in [0.1, 0.15) is 27.0 Å². The molecule has 0 amide bonds. The van der Waals surface area contributed by atoms with Crippen molar-refractivity contribution in [2.75, 3.05) is 12.4 Å². The molecule has 0 aliphatic heterocycles. The summed E-state index contributed by atoms with van der Waals surface area (Å²) < 4.78 is 18.8. The average molecular weight is 382 g/mol. The Morgan fingerprint density at radius 3 is 2.29 bits per heavy atom. The Labute approximate surface area is 163 Å². The summed E-state index contributed by atoms with van der Waals surface area (Å²) in [5.74, 6) is 0.590. The molecular formula is C22H23FN2O3. The van der Waals surface area contributed by atoms with Gasteiger partial charge in [0.2, 0.25) is 5.56 Å². The van der Waals surface area contributed by atoms with Crippen molar-refractivity contribution >= 4 is 12.0 Å². The van der Waals surface area contributed by atoms with E-state index in [0.717, 1.165) is 16.8 Å². The molecule has 2 aromatic carbocycles. The molecule has 0 atom stereocenters. The van der Waals surface area contributed by atoms with E-state index < -0.39 is 5.82 Å². The lowest BCUT2D eigenvalue weighted by Gasteiger charge is -2.12. The number of halogens is 1. The van der Waals surface area contributed by atoms with Crippen LogP contribution in [0.4, 0.5) is 10.1 Å². The predicted octanol–water partition coefficient (Wildman–Crippen LogP) is 4.77. The summed E-state index contributed by atoms with van der Waals surface area (Å²) in [5, 5.41) is 2.85. The molecule has 2 N–H and O–H groups in total. The van der Waals surface area contributed by atoms with Gasteiger partial charge in [-0.15, -0.1) is 0 Å². The number of aldehydes is 1. The van der Waals surface area contributed by atoms with E-state index in [1.54, 1.807) is 19.3 Å². The van der Waals surface area contributed by atoms with Crippen LogP contribution < -0.4 is 15.6 Å². The molecule has 1 heterocycles. The number of anilines is 1. The van der Waals surface area contributed by atoms with Gasteiger partial charge in [0.05, 0.1) is 5.56 Å². The number of H-pyrrole nitrogens is 1. The number of carbonyl (C=O) groups excluding carboxylic acids is 1. The molecule has 6 heteroatoms. The molecule has 1 aromatic heterocycles. The normalized spacial score (nSPS) is 9.89. The van der Waals surface area contributed by atoms with Gasteiger partial charge in [0.1, 0.15) is 17.3 Å². The number of hydrogen-bond donors (Lipinski definition) is 2. The van der Waals surface area contributed by atoms with E-state index in [4.69, 9.17) is 4.74 Å². The molecule has 0 fully saturated rings. The molecule has 0 radical (unpaired) electrons. The number of hydrogen-bond acceptors (Lipinski definition) is 4. The Kier molecular flexibility index (Phi) is 7.09. The first-order chi connectivity index (χ1) is 13.3. The first-order valence-corrected chi connectivity index (χ1v) is 8.71. The Morgan fingerprint density at radius 1 is 0.964 bits per heavy atom. The Bertz CT molecular complexity index is 1030. The van der Waals surface area contributed by atoms with Gasteiger partial charge in [-0.1, -0.05) is 6.07 Å². The van der Waals surface area contributed by atoms with E-state index in [-0.39, 0.29) is 11.1 Å². The minimum absolute atomic E-state index is 0.0816. The maximum atomic E-state index is 13.1. The third-order valence-corrected chi connectivity index (χ3v) is 4.17. The number of ether oxygens (including phenoxy) is 1. The van der Waals surface area contributed by atoms with Gasteiger partial charge in [0.15, 0.2) is 6.29 Å². The van der Waals surface area contributed by atoms with E-state index in [9.17, 15) is 14.0 Å². The second-order valence-electron chi connectivity index (χ2n) is 6.30. The molecule has 0 saturated carbocycles. The molecule has 3 aromatic rings. The summed E-state index contributed by atoms with van der Waals surface area (Å²) in [4.78, 5) is 24.0. The third kappa shape index (κ3) is 5.54. The lowest BCUT2D eigenvalue weighted by molar-refractivity contribution is 0.112. The van der Waals surface area contributed by atoms with Crippen LogP contribution in [0.25, 0.3) is 0 Å². The minimum atomic E-state index is -0.453. The number of nitrogens with one attached hydrogen (secondary N) is 2. The predicted molar refractivity (Wildman–Crippen MR) is 109 cm³/mol. The summed E-state index contributed by atoms with van der Waals surface area (Å²) in [7, 11) is 1.77. The van der Waals surface area contributed by atoms with Gasteiger partial charge in [-0.25, -0.2) is 4.39 Å². The van der Waals surface area contributed by atoms with Crippen molar-refractivity contribution in [1.29, 1.82) is 0 Å². The van der Waals surface area contributed by atoms with Gasteiger partial charge < -0.3 is 15.0 Å². The fourth-order valence-electron chi connectivity index (χ4n) is 2.47. The zero-order chi connectivity index (χ0) is 20.7. The maximum Gasteiger partial charge on any atom is 0.249 e. The molecule has 0 aliphatic carbocycles. The van der Waals surface area contributed by atoms with Gasteiger partial charge in [-0.2, -0.15) is 0 Å². The number of pyridine rings is 1. The standard InChI is InChI=1S/C16H15FO2.C6H8N2O/c1-10-6-12(3)16(7-11(10)2)19-15-5-4-14(17)8-13(15)9-18;1-7-5-2-3-8-6(9)4-5/h4-9H,1-3H3;2-4H,1H3,(H2,7,8,9). The highest BCUT2D eigenvalue weighted by Crippen LogP contribution is 2.29. The van der Waals surface area contributed by atoms with Crippen LogP contribution >= 0.6 is 0 Å². The van der Waals surface area contributed by atoms with Crippen molar-refractivity contribution in [1.82, 2.24) is 4.98 Å². The lowest BCUT2D eigenvalue weighted by atomic mass is 10.1. The number of benzene rings is 2. The highest BCUT2D eigenvalue weighted by Gasteiger charge is 2.09. The van der Waals surface area contributed by atoms with Crippen LogP contribution in [0.2, 0.25) is 0 Å². The second kappa shape index (κ2) is 9.50. The van der Waals surface area contributed by atoms with Crippen LogP contribution in [0, 0.1) is 26.6 Å². The quantitative estimate of drug-likeness (QED) is 0.638. The van der Waals surface area contributed by atoms with Crippen molar-refractivity contribution in [3.05, 3.63) is 87.1 Å². The summed E-state index contributed by atoms with van der Waals surface area (Å²) in [5.41, 5.74) is 4.22. The Balaban J connectivity index is 0.000000261. The van der Waals surface area contributed by atoms with E-state index in [1.165, 1.54) is 29.8 Å². The SMILES string of the molecule is CNc1cc[nH]c(=O)c1.Cc1cc(C)c(Oc2ccc(F)cc2C=O)cc1C. The molecule has 0 unspecified atom stereocenters. The zero-order valence-corrected chi connectivity index (χ0v) is 16.3. The zero-order valence-electron chi connectivity index (χ0n) is 16.3. The largest absolute Gasteiger partial charge is 0.456 e. The van der Waals surface area contributed by atoms with Gasteiger partial charge in [-0.05, 0) is 67.8 Å². The number of aromatic amines is 1. The van der Waals surface area contributed by atoms with E-state index in [2.05, 4.69) is 10.3 Å². The van der Waals surface area contributed by atoms with Crippen LogP contribution in [-0.4, -0.2) is 18.3 Å². The number of aryl methyl sites for hydroxylation is 3. The molecule has 0 spiro atoms. The fourth-order valence-corrected chi connectivity index (χ4v) is 2.47. The second-order valence-corrected chi connectivity index (χ2v) is 6.30. The van der Waals surface area contributed by atoms with Crippen molar-refractivity contribution in [3.8, 4) is 11.5 Å². The lowest BCUT2D eigenvalue weighted by Crippen LogP contribution is -2.03. The maximum absolute atomic E-state index is 13.1. The third-order valence-electron chi connectivity index (χ3n) is 4.17. The first-order valence-electron chi connectivity index (χ1n) is 8.71. The highest BCUT2D eigenvalue weighted by atomic mass is 19.1. The summed E-state index contributed by atoms with van der Waals surface area (Å²) >= 11 is 0. The van der Waals surface area contributed by atoms with E-state index in [0.29, 0.717) is 17.8 Å². The summed E-state index contributed by atoms with van der Waals surface area (Å²) in [6.45, 7) is 5.96. The first kappa shape index (κ1) is 20.9. The molecule has 0 saturated heterocycles. The van der Waals surface area contributed by atoms with Crippen LogP contribution in [0.3, 0.4) is 0 Å². The van der Waals surface area contributed by atoms with Crippen LogP contribution in [-0.2, 0) is 0 Å². The number of carbonyl (C=O) groups is 1. The van der Waals surface area contributed by atoms with E-state index in [1.807, 2.05) is 32.9 Å². The van der Waals surface area contributed by atoms with Gasteiger partial charge in [0.25, 0.3) is 0 Å². The molecular weight excluding hydrogens is 359 g/mol. The molecule has 0 aliphatic rings.